The van der Waals surface area contributed by atoms with Gasteiger partial charge in [0.25, 0.3) is 11.8 Å². The number of aryl methyl sites for hydroxylation is 1. The Bertz CT molecular complexity index is 620. The van der Waals surface area contributed by atoms with E-state index in [0.717, 1.165) is 24.0 Å². The number of nitrogens with one attached hydrogen (secondary N) is 4. The van der Waals surface area contributed by atoms with Gasteiger partial charge in [0.05, 0.1) is 0 Å². The Balaban J connectivity index is 1.79. The second-order valence-corrected chi connectivity index (χ2v) is 6.50. The topological polar surface area (TPSA) is 91.5 Å². The van der Waals surface area contributed by atoms with E-state index in [1.165, 1.54) is 0 Å². The number of rotatable bonds is 6. The van der Waals surface area contributed by atoms with Gasteiger partial charge in [-0.15, -0.1) is 0 Å². The summed E-state index contributed by atoms with van der Waals surface area (Å²) < 4.78 is 5.70. The van der Waals surface area contributed by atoms with E-state index in [9.17, 15) is 9.59 Å². The van der Waals surface area contributed by atoms with Crippen LogP contribution < -0.4 is 26.4 Å². The van der Waals surface area contributed by atoms with Crippen molar-refractivity contribution in [2.24, 2.45) is 0 Å². The summed E-state index contributed by atoms with van der Waals surface area (Å²) in [4.78, 5) is 24.3. The molecule has 1 aliphatic heterocycles. The second kappa shape index (κ2) is 8.82. The van der Waals surface area contributed by atoms with Gasteiger partial charge in [0.15, 0.2) is 6.10 Å². The van der Waals surface area contributed by atoms with Gasteiger partial charge in [-0.25, -0.2) is 5.43 Å². The Hall–Kier alpha value is -2.12. The highest BCUT2D eigenvalue weighted by Gasteiger charge is 2.29. The quantitative estimate of drug-likeness (QED) is 0.581. The Morgan fingerprint density at radius 1 is 1.28 bits per heavy atom. The van der Waals surface area contributed by atoms with Crippen molar-refractivity contribution in [3.05, 3.63) is 29.3 Å². The first-order chi connectivity index (χ1) is 11.9. The molecule has 4 N–H and O–H groups in total. The zero-order valence-corrected chi connectivity index (χ0v) is 15.3. The molecule has 3 atom stereocenters. The maximum absolute atomic E-state index is 12.1. The van der Waals surface area contributed by atoms with E-state index in [4.69, 9.17) is 4.74 Å². The number of amides is 2. The standard InChI is InChI=1S/C18H28N4O3/c1-5-7-14-10-15(20-19-14)18(24)22-21-17(23)13(4)25-16-9-6-8-11(2)12(16)3/h6,8-9,13-15,19-20H,5,7,10H2,1-4H3,(H,21,23)(H,22,24). The summed E-state index contributed by atoms with van der Waals surface area (Å²) in [5.41, 5.74) is 13.0. The van der Waals surface area contributed by atoms with E-state index in [0.29, 0.717) is 12.2 Å². The van der Waals surface area contributed by atoms with Crippen LogP contribution in [0.5, 0.6) is 5.75 Å². The van der Waals surface area contributed by atoms with Gasteiger partial charge >= 0.3 is 0 Å². The molecule has 0 aromatic heterocycles. The highest BCUT2D eigenvalue weighted by Crippen LogP contribution is 2.21. The maximum atomic E-state index is 12.1. The van der Waals surface area contributed by atoms with Crippen molar-refractivity contribution in [1.82, 2.24) is 21.7 Å². The molecule has 2 amide bonds. The molecule has 2 rings (SSSR count). The summed E-state index contributed by atoms with van der Waals surface area (Å²) >= 11 is 0. The van der Waals surface area contributed by atoms with Gasteiger partial charge in [-0.05, 0) is 50.8 Å². The second-order valence-electron chi connectivity index (χ2n) is 6.50. The normalized spacial score (nSPS) is 20.8. The predicted octanol–water partition coefficient (Wildman–Crippen LogP) is 1.25. The minimum absolute atomic E-state index is 0.265. The molecule has 25 heavy (non-hydrogen) atoms. The van der Waals surface area contributed by atoms with Gasteiger partial charge in [-0.3, -0.25) is 25.9 Å². The van der Waals surface area contributed by atoms with Crippen molar-refractivity contribution in [3.63, 3.8) is 0 Å². The van der Waals surface area contributed by atoms with Crippen LogP contribution in [0.4, 0.5) is 0 Å². The van der Waals surface area contributed by atoms with Crippen LogP contribution in [-0.4, -0.2) is 30.0 Å². The van der Waals surface area contributed by atoms with Gasteiger partial charge in [-0.2, -0.15) is 0 Å². The van der Waals surface area contributed by atoms with Crippen LogP contribution in [-0.2, 0) is 9.59 Å². The molecule has 1 aliphatic rings. The molecule has 7 heteroatoms. The SMILES string of the molecule is CCCC1CC(C(=O)NNC(=O)C(C)Oc2cccc(C)c2C)NN1. The summed E-state index contributed by atoms with van der Waals surface area (Å²) in [6.07, 6.45) is 2.04. The molecule has 1 aromatic carbocycles. The minimum atomic E-state index is -0.719. The van der Waals surface area contributed by atoms with Crippen molar-refractivity contribution < 1.29 is 14.3 Å². The first-order valence-corrected chi connectivity index (χ1v) is 8.76. The van der Waals surface area contributed by atoms with E-state index in [-0.39, 0.29) is 18.0 Å². The Kier molecular flexibility index (Phi) is 6.78. The Morgan fingerprint density at radius 3 is 2.76 bits per heavy atom. The molecular weight excluding hydrogens is 320 g/mol. The number of ether oxygens (including phenoxy) is 1. The molecule has 138 valence electrons. The number of hydrogen-bond acceptors (Lipinski definition) is 5. The van der Waals surface area contributed by atoms with Gasteiger partial charge < -0.3 is 4.74 Å². The summed E-state index contributed by atoms with van der Waals surface area (Å²) in [5, 5.41) is 0. The fourth-order valence-electron chi connectivity index (χ4n) is 2.74. The number of carbonyl (C=O) groups is 2. The van der Waals surface area contributed by atoms with E-state index < -0.39 is 12.0 Å². The lowest BCUT2D eigenvalue weighted by Crippen LogP contribution is -2.52. The van der Waals surface area contributed by atoms with Crippen LogP contribution in [0, 0.1) is 13.8 Å². The van der Waals surface area contributed by atoms with Gasteiger partial charge in [0.2, 0.25) is 0 Å². The van der Waals surface area contributed by atoms with E-state index in [1.54, 1.807) is 6.92 Å². The van der Waals surface area contributed by atoms with Crippen molar-refractivity contribution in [1.29, 1.82) is 0 Å². The predicted molar refractivity (Wildman–Crippen MR) is 95.7 cm³/mol. The summed E-state index contributed by atoms with van der Waals surface area (Å²) in [6, 6.07) is 5.62. The van der Waals surface area contributed by atoms with Gasteiger partial charge in [-0.1, -0.05) is 25.5 Å². The van der Waals surface area contributed by atoms with Crippen LogP contribution in [0.25, 0.3) is 0 Å². The average Bonchev–Trinajstić information content (AvgIpc) is 3.05. The zero-order chi connectivity index (χ0) is 18.4. The fraction of sp³-hybridized carbons (Fsp3) is 0.556. The van der Waals surface area contributed by atoms with Gasteiger partial charge in [0.1, 0.15) is 11.8 Å². The van der Waals surface area contributed by atoms with Gasteiger partial charge in [0, 0.05) is 6.04 Å². The summed E-state index contributed by atoms with van der Waals surface area (Å²) in [7, 11) is 0. The van der Waals surface area contributed by atoms with Crippen LogP contribution in [0.2, 0.25) is 0 Å². The lowest BCUT2D eigenvalue weighted by molar-refractivity contribution is -0.133. The molecule has 0 saturated carbocycles. The third-order valence-corrected chi connectivity index (χ3v) is 4.47. The maximum Gasteiger partial charge on any atom is 0.279 e. The van der Waals surface area contributed by atoms with Crippen LogP contribution in [0.3, 0.4) is 0 Å². The van der Waals surface area contributed by atoms with Crippen LogP contribution >= 0.6 is 0 Å². The number of benzene rings is 1. The lowest BCUT2D eigenvalue weighted by atomic mass is 10.1. The first-order valence-electron chi connectivity index (χ1n) is 8.76. The molecule has 1 heterocycles. The minimum Gasteiger partial charge on any atom is -0.481 e. The highest BCUT2D eigenvalue weighted by atomic mass is 16.5. The first kappa shape index (κ1) is 19.2. The molecule has 3 unspecified atom stereocenters. The lowest BCUT2D eigenvalue weighted by Gasteiger charge is -2.18. The smallest absolute Gasteiger partial charge is 0.279 e. The molecule has 0 spiro atoms. The van der Waals surface area contributed by atoms with Crippen molar-refractivity contribution in [2.45, 2.75) is 65.1 Å². The molecule has 7 nitrogen and oxygen atoms in total. The molecule has 1 fully saturated rings. The van der Waals surface area contributed by atoms with Crippen molar-refractivity contribution >= 4 is 11.8 Å². The Labute approximate surface area is 148 Å². The molecular formula is C18H28N4O3. The molecule has 0 radical (unpaired) electrons. The summed E-state index contributed by atoms with van der Waals surface area (Å²) in [5.74, 6) is 0.00162. The summed E-state index contributed by atoms with van der Waals surface area (Å²) in [6.45, 7) is 7.69. The molecule has 0 bridgehead atoms. The third-order valence-electron chi connectivity index (χ3n) is 4.47. The van der Waals surface area contributed by atoms with E-state index in [1.807, 2.05) is 32.0 Å². The van der Waals surface area contributed by atoms with E-state index >= 15 is 0 Å². The number of hydrogen-bond donors (Lipinski definition) is 4. The third kappa shape index (κ3) is 5.17. The number of carbonyl (C=O) groups excluding carboxylic acids is 2. The van der Waals surface area contributed by atoms with Crippen molar-refractivity contribution in [3.8, 4) is 5.75 Å². The molecule has 0 aliphatic carbocycles. The largest absolute Gasteiger partial charge is 0.481 e. The van der Waals surface area contributed by atoms with E-state index in [2.05, 4.69) is 28.6 Å². The average molecular weight is 348 g/mol. The van der Waals surface area contributed by atoms with Crippen LogP contribution in [0.15, 0.2) is 18.2 Å². The molecule has 1 aromatic rings. The zero-order valence-electron chi connectivity index (χ0n) is 15.3. The fourth-order valence-corrected chi connectivity index (χ4v) is 2.74. The number of hydrazine groups is 2. The Morgan fingerprint density at radius 2 is 2.04 bits per heavy atom. The van der Waals surface area contributed by atoms with Crippen LogP contribution in [0.1, 0.15) is 44.2 Å². The van der Waals surface area contributed by atoms with Crippen molar-refractivity contribution in [2.75, 3.05) is 0 Å². The monoisotopic (exact) mass is 348 g/mol. The molecule has 1 saturated heterocycles. The highest BCUT2D eigenvalue weighted by molar-refractivity contribution is 5.87.